The third kappa shape index (κ3) is 3.28. The molecule has 0 aliphatic carbocycles. The molecule has 3 aromatic carbocycles. The van der Waals surface area contributed by atoms with Crippen molar-refractivity contribution in [3.05, 3.63) is 95.0 Å². The predicted molar refractivity (Wildman–Crippen MR) is 138 cm³/mol. The van der Waals surface area contributed by atoms with E-state index in [1.54, 1.807) is 11.3 Å². The Morgan fingerprint density at radius 3 is 2.50 bits per heavy atom. The highest BCUT2D eigenvalue weighted by Gasteiger charge is 2.18. The van der Waals surface area contributed by atoms with Gasteiger partial charge in [0.25, 0.3) is 0 Å². The molecule has 0 unspecified atom stereocenters. The van der Waals surface area contributed by atoms with Crippen molar-refractivity contribution < 1.29 is 0 Å². The second kappa shape index (κ2) is 7.89. The lowest BCUT2D eigenvalue weighted by Gasteiger charge is -2.13. The summed E-state index contributed by atoms with van der Waals surface area (Å²) in [7, 11) is 0. The van der Waals surface area contributed by atoms with Crippen molar-refractivity contribution in [1.29, 1.82) is 0 Å². The van der Waals surface area contributed by atoms with E-state index in [4.69, 9.17) is 11.6 Å². The van der Waals surface area contributed by atoms with Crippen LogP contribution in [0.5, 0.6) is 0 Å². The number of pyridine rings is 1. The molecule has 0 bridgehead atoms. The zero-order chi connectivity index (χ0) is 22.4. The van der Waals surface area contributed by atoms with Gasteiger partial charge in [-0.15, -0.1) is 11.3 Å². The summed E-state index contributed by atoms with van der Waals surface area (Å²) < 4.78 is 1.22. The normalized spacial score (nSPS) is 11.4. The van der Waals surface area contributed by atoms with Crippen LogP contribution in [0.1, 0.15) is 36.5 Å². The van der Waals surface area contributed by atoms with Crippen LogP contribution >= 0.6 is 11.3 Å². The Morgan fingerprint density at radius 2 is 1.75 bits per heavy atom. The fourth-order valence-electron chi connectivity index (χ4n) is 4.54. The number of hydrogen-bond acceptors (Lipinski definition) is 2. The van der Waals surface area contributed by atoms with Crippen molar-refractivity contribution in [3.8, 4) is 21.7 Å². The van der Waals surface area contributed by atoms with Gasteiger partial charge in [-0.1, -0.05) is 61.9 Å². The molecular formula is C29H24N2S. The standard InChI is InChI=1S/C29H24N2S/c1-17(2)26-16-21(15-20-8-6-7-9-25(20)26)27-29-24(12-13-31-27)19(4)28(32-29)23-11-10-22(30-5)14-18(23)3/h6-17H,1-4H3. The summed E-state index contributed by atoms with van der Waals surface area (Å²) in [6, 6.07) is 21.3. The molecule has 156 valence electrons. The van der Waals surface area contributed by atoms with Crippen LogP contribution in [0, 0.1) is 20.4 Å². The first-order valence-electron chi connectivity index (χ1n) is 10.9. The molecule has 0 radical (unpaired) electrons. The number of benzene rings is 3. The fraction of sp³-hybridized carbons (Fsp3) is 0.172. The average molecular weight is 433 g/mol. The summed E-state index contributed by atoms with van der Waals surface area (Å²) in [4.78, 5) is 9.69. The monoisotopic (exact) mass is 432 g/mol. The van der Waals surface area contributed by atoms with Gasteiger partial charge in [0.2, 0.25) is 0 Å². The summed E-state index contributed by atoms with van der Waals surface area (Å²) in [6.45, 7) is 16.1. The van der Waals surface area contributed by atoms with Gasteiger partial charge >= 0.3 is 0 Å². The van der Waals surface area contributed by atoms with Crippen molar-refractivity contribution in [1.82, 2.24) is 4.98 Å². The lowest BCUT2D eigenvalue weighted by atomic mass is 9.92. The molecule has 2 heterocycles. The van der Waals surface area contributed by atoms with E-state index in [1.807, 2.05) is 18.3 Å². The van der Waals surface area contributed by atoms with Crippen LogP contribution in [0.15, 0.2) is 66.9 Å². The molecule has 0 N–H and O–H groups in total. The molecule has 0 aliphatic rings. The Bertz CT molecular complexity index is 1530. The van der Waals surface area contributed by atoms with Gasteiger partial charge in [0.05, 0.1) is 17.0 Å². The van der Waals surface area contributed by atoms with Crippen LogP contribution in [0.25, 0.3) is 47.4 Å². The molecule has 2 nitrogen and oxygen atoms in total. The largest absolute Gasteiger partial charge is 0.255 e. The molecule has 0 aliphatic heterocycles. The van der Waals surface area contributed by atoms with Crippen molar-refractivity contribution >= 4 is 37.9 Å². The van der Waals surface area contributed by atoms with Crippen LogP contribution in [0.3, 0.4) is 0 Å². The van der Waals surface area contributed by atoms with E-state index >= 15 is 0 Å². The third-order valence-corrected chi connectivity index (χ3v) is 7.57. The van der Waals surface area contributed by atoms with Crippen LogP contribution in [0.2, 0.25) is 0 Å². The third-order valence-electron chi connectivity index (χ3n) is 6.23. The number of fused-ring (bicyclic) bond motifs is 2. The van der Waals surface area contributed by atoms with Gasteiger partial charge in [0, 0.05) is 16.6 Å². The van der Waals surface area contributed by atoms with Gasteiger partial charge in [-0.3, -0.25) is 4.98 Å². The first-order valence-corrected chi connectivity index (χ1v) is 11.7. The second-order valence-electron chi connectivity index (χ2n) is 8.64. The maximum atomic E-state index is 7.29. The van der Waals surface area contributed by atoms with E-state index in [-0.39, 0.29) is 0 Å². The van der Waals surface area contributed by atoms with Crippen LogP contribution in [-0.2, 0) is 0 Å². The Morgan fingerprint density at radius 1 is 0.938 bits per heavy atom. The van der Waals surface area contributed by atoms with Crippen molar-refractivity contribution in [3.63, 3.8) is 0 Å². The minimum absolute atomic E-state index is 0.434. The smallest absolute Gasteiger partial charge is 0.187 e. The molecule has 0 amide bonds. The van der Waals surface area contributed by atoms with Crippen molar-refractivity contribution in [2.24, 2.45) is 0 Å². The zero-order valence-electron chi connectivity index (χ0n) is 18.7. The topological polar surface area (TPSA) is 17.2 Å². The Kier molecular flexibility index (Phi) is 5.04. The van der Waals surface area contributed by atoms with Gasteiger partial charge in [-0.2, -0.15) is 0 Å². The summed E-state index contributed by atoms with van der Waals surface area (Å²) >= 11 is 1.81. The maximum absolute atomic E-state index is 7.29. The molecule has 0 saturated heterocycles. The molecule has 2 aromatic heterocycles. The van der Waals surface area contributed by atoms with E-state index in [0.717, 1.165) is 11.3 Å². The lowest BCUT2D eigenvalue weighted by molar-refractivity contribution is 0.876. The highest BCUT2D eigenvalue weighted by molar-refractivity contribution is 7.23. The second-order valence-corrected chi connectivity index (χ2v) is 9.67. The van der Waals surface area contributed by atoms with Gasteiger partial charge in [0.1, 0.15) is 0 Å². The SMILES string of the molecule is [C-]#[N+]c1ccc(-c2sc3c(-c4cc(C(C)C)c5ccccc5c4)nccc3c2C)c(C)c1. The van der Waals surface area contributed by atoms with Crippen LogP contribution < -0.4 is 0 Å². The number of rotatable bonds is 3. The molecule has 0 saturated carbocycles. The van der Waals surface area contributed by atoms with Crippen molar-refractivity contribution in [2.45, 2.75) is 33.6 Å². The molecule has 5 aromatic rings. The maximum Gasteiger partial charge on any atom is 0.187 e. The Balaban J connectivity index is 1.76. The van der Waals surface area contributed by atoms with Crippen LogP contribution in [0.4, 0.5) is 5.69 Å². The summed E-state index contributed by atoms with van der Waals surface area (Å²) in [5.41, 5.74) is 7.87. The molecular weight excluding hydrogens is 408 g/mol. The van der Waals surface area contributed by atoms with E-state index in [2.05, 4.69) is 81.1 Å². The van der Waals surface area contributed by atoms with Crippen molar-refractivity contribution in [2.75, 3.05) is 0 Å². The molecule has 3 heteroatoms. The summed E-state index contributed by atoms with van der Waals surface area (Å²) in [5, 5.41) is 3.83. The van der Waals surface area contributed by atoms with E-state index in [9.17, 15) is 0 Å². The van der Waals surface area contributed by atoms with Gasteiger partial charge < -0.3 is 0 Å². The molecule has 5 rings (SSSR count). The number of thiophene rings is 1. The van der Waals surface area contributed by atoms with Gasteiger partial charge in [0.15, 0.2) is 5.69 Å². The quantitative estimate of drug-likeness (QED) is 0.260. The Hall–Kier alpha value is -3.48. The van der Waals surface area contributed by atoms with Gasteiger partial charge in [-0.25, -0.2) is 4.85 Å². The first kappa shape index (κ1) is 20.4. The first-order chi connectivity index (χ1) is 15.5. The van der Waals surface area contributed by atoms with Crippen LogP contribution in [-0.4, -0.2) is 4.98 Å². The van der Waals surface area contributed by atoms with Gasteiger partial charge in [-0.05, 0) is 70.8 Å². The molecule has 0 spiro atoms. The van der Waals surface area contributed by atoms with E-state index in [0.29, 0.717) is 11.6 Å². The lowest BCUT2D eigenvalue weighted by Crippen LogP contribution is -1.92. The highest BCUT2D eigenvalue weighted by Crippen LogP contribution is 2.44. The zero-order valence-corrected chi connectivity index (χ0v) is 19.5. The molecule has 0 fully saturated rings. The Labute approximate surface area is 193 Å². The highest BCUT2D eigenvalue weighted by atomic mass is 32.1. The average Bonchev–Trinajstić information content (AvgIpc) is 3.14. The summed E-state index contributed by atoms with van der Waals surface area (Å²) in [6.07, 6.45) is 1.93. The number of hydrogen-bond donors (Lipinski definition) is 0. The number of nitrogens with zero attached hydrogens (tertiary/aromatic N) is 2. The van der Waals surface area contributed by atoms with E-state index in [1.165, 1.54) is 48.0 Å². The minimum atomic E-state index is 0.434. The fourth-order valence-corrected chi connectivity index (χ4v) is 5.94. The minimum Gasteiger partial charge on any atom is -0.255 e. The molecule has 0 atom stereocenters. The molecule has 32 heavy (non-hydrogen) atoms. The van der Waals surface area contributed by atoms with E-state index < -0.39 is 0 Å². The number of aromatic nitrogens is 1. The number of aryl methyl sites for hydroxylation is 2. The predicted octanol–water partition coefficient (Wildman–Crippen LogP) is 9.07. The summed E-state index contributed by atoms with van der Waals surface area (Å²) in [5.74, 6) is 0.434.